The minimum Gasteiger partial charge on any atom is -0.298 e. The number of nitrogens with zero attached hydrogens (tertiary/aromatic N) is 1. The number of Topliss-reactive ketones (excluding diaryl/α,β-unsaturated/α-hetero) is 1. The van der Waals surface area contributed by atoms with Crippen molar-refractivity contribution in [2.45, 2.75) is 52.7 Å². The maximum absolute atomic E-state index is 11.8. The van der Waals surface area contributed by atoms with Crippen molar-refractivity contribution >= 4 is 5.78 Å². The number of carbonyl (C=O) groups is 1. The minimum absolute atomic E-state index is 0.000191. The van der Waals surface area contributed by atoms with Gasteiger partial charge in [-0.05, 0) is 26.3 Å². The second-order valence-corrected chi connectivity index (χ2v) is 4.75. The molecule has 1 rings (SSSR count). The average molecular weight is 233 g/mol. The summed E-state index contributed by atoms with van der Waals surface area (Å²) in [6.45, 7) is 9.06. The van der Waals surface area contributed by atoms with Gasteiger partial charge in [-0.15, -0.1) is 0 Å². The molecule has 94 valence electrons. The fraction of sp³-hybridized carbons (Fsp3) is 0.533. The first-order chi connectivity index (χ1) is 8.06. The predicted octanol–water partition coefficient (Wildman–Crippen LogP) is 3.26. The first-order valence-electron chi connectivity index (χ1n) is 6.38. The third kappa shape index (κ3) is 3.97. The van der Waals surface area contributed by atoms with Gasteiger partial charge in [-0.25, -0.2) is 0 Å². The fourth-order valence-corrected chi connectivity index (χ4v) is 2.04. The molecular weight excluding hydrogens is 210 g/mol. The highest BCUT2D eigenvalue weighted by atomic mass is 16.1. The summed E-state index contributed by atoms with van der Waals surface area (Å²) in [6, 6.07) is 10.7. The Hall–Kier alpha value is -1.15. The van der Waals surface area contributed by atoms with Crippen LogP contribution < -0.4 is 0 Å². The molecule has 0 heterocycles. The molecule has 0 radical (unpaired) electrons. The van der Waals surface area contributed by atoms with Crippen LogP contribution in [0, 0.1) is 0 Å². The van der Waals surface area contributed by atoms with Gasteiger partial charge < -0.3 is 0 Å². The fourth-order valence-electron chi connectivity index (χ4n) is 2.04. The Kier molecular flexibility index (Phi) is 5.36. The number of ketones is 1. The first kappa shape index (κ1) is 13.9. The zero-order valence-electron chi connectivity index (χ0n) is 11.3. The molecule has 0 aromatic heterocycles. The summed E-state index contributed by atoms with van der Waals surface area (Å²) >= 11 is 0. The molecule has 0 aliphatic heterocycles. The van der Waals surface area contributed by atoms with Crippen molar-refractivity contribution in [3.63, 3.8) is 0 Å². The molecule has 0 fully saturated rings. The molecule has 0 saturated carbocycles. The van der Waals surface area contributed by atoms with Crippen molar-refractivity contribution in [3.8, 4) is 0 Å². The lowest BCUT2D eigenvalue weighted by Crippen LogP contribution is -2.42. The quantitative estimate of drug-likeness (QED) is 0.751. The third-order valence-electron chi connectivity index (χ3n) is 3.18. The molecule has 2 nitrogen and oxygen atoms in total. The van der Waals surface area contributed by atoms with Gasteiger partial charge in [-0.3, -0.25) is 9.69 Å². The van der Waals surface area contributed by atoms with Crippen LogP contribution in [-0.4, -0.2) is 22.8 Å². The molecule has 1 aromatic carbocycles. The summed E-state index contributed by atoms with van der Waals surface area (Å²) in [6.07, 6.45) is 0.610. The molecule has 0 bridgehead atoms. The Labute approximate surface area is 105 Å². The van der Waals surface area contributed by atoms with Crippen LogP contribution >= 0.6 is 0 Å². The third-order valence-corrected chi connectivity index (χ3v) is 3.18. The smallest absolute Gasteiger partial charge is 0.149 e. The van der Waals surface area contributed by atoms with Crippen molar-refractivity contribution in [1.82, 2.24) is 4.90 Å². The van der Waals surface area contributed by atoms with Crippen LogP contribution in [0.3, 0.4) is 0 Å². The minimum atomic E-state index is 0.000191. The van der Waals surface area contributed by atoms with Crippen molar-refractivity contribution in [2.24, 2.45) is 0 Å². The molecule has 0 aliphatic carbocycles. The molecule has 17 heavy (non-hydrogen) atoms. The van der Waals surface area contributed by atoms with Crippen LogP contribution in [0.5, 0.6) is 0 Å². The Bertz CT molecular complexity index is 345. The topological polar surface area (TPSA) is 20.3 Å². The number of hydrogen-bond acceptors (Lipinski definition) is 2. The Morgan fingerprint density at radius 2 is 1.76 bits per heavy atom. The van der Waals surface area contributed by atoms with E-state index in [9.17, 15) is 4.79 Å². The van der Waals surface area contributed by atoms with Crippen molar-refractivity contribution in [2.75, 3.05) is 0 Å². The van der Waals surface area contributed by atoms with Crippen LogP contribution in [-0.2, 0) is 11.3 Å². The molecule has 2 heteroatoms. The van der Waals surface area contributed by atoms with Gasteiger partial charge in [0.2, 0.25) is 0 Å². The molecule has 1 aromatic rings. The van der Waals surface area contributed by atoms with Crippen molar-refractivity contribution in [1.29, 1.82) is 0 Å². The molecule has 0 N–H and O–H groups in total. The maximum atomic E-state index is 11.8. The van der Waals surface area contributed by atoms with Gasteiger partial charge in [0.15, 0.2) is 0 Å². The molecule has 0 saturated heterocycles. The van der Waals surface area contributed by atoms with Gasteiger partial charge in [0.1, 0.15) is 5.78 Å². The lowest BCUT2D eigenvalue weighted by molar-refractivity contribution is -0.124. The summed E-state index contributed by atoms with van der Waals surface area (Å²) in [5.41, 5.74) is 1.26. The van der Waals surface area contributed by atoms with E-state index in [2.05, 4.69) is 30.9 Å². The molecule has 1 unspecified atom stereocenters. The largest absolute Gasteiger partial charge is 0.298 e. The lowest BCUT2D eigenvalue weighted by atomic mass is 10.1. The SMILES string of the molecule is CCC(=O)C(C)N(Cc1ccccc1)C(C)C. The normalized spacial score (nSPS) is 13.1. The van der Waals surface area contributed by atoms with Gasteiger partial charge in [0.05, 0.1) is 6.04 Å². The second-order valence-electron chi connectivity index (χ2n) is 4.75. The number of rotatable bonds is 6. The van der Waals surface area contributed by atoms with E-state index in [4.69, 9.17) is 0 Å². The zero-order valence-corrected chi connectivity index (χ0v) is 11.3. The van der Waals surface area contributed by atoms with Crippen LogP contribution in [0.15, 0.2) is 30.3 Å². The number of carbonyl (C=O) groups excluding carboxylic acids is 1. The van der Waals surface area contributed by atoms with Gasteiger partial charge in [0.25, 0.3) is 0 Å². The van der Waals surface area contributed by atoms with E-state index in [1.807, 2.05) is 32.0 Å². The first-order valence-corrected chi connectivity index (χ1v) is 6.38. The summed E-state index contributed by atoms with van der Waals surface area (Å²) in [7, 11) is 0. The summed E-state index contributed by atoms with van der Waals surface area (Å²) in [5.74, 6) is 0.314. The van der Waals surface area contributed by atoms with E-state index in [0.29, 0.717) is 18.2 Å². The highest BCUT2D eigenvalue weighted by Crippen LogP contribution is 2.13. The van der Waals surface area contributed by atoms with Gasteiger partial charge >= 0.3 is 0 Å². The van der Waals surface area contributed by atoms with E-state index in [0.717, 1.165) is 6.54 Å². The van der Waals surface area contributed by atoms with Crippen LogP contribution in [0.4, 0.5) is 0 Å². The Balaban J connectivity index is 2.77. The summed E-state index contributed by atoms with van der Waals surface area (Å²) < 4.78 is 0. The van der Waals surface area contributed by atoms with Crippen LogP contribution in [0.2, 0.25) is 0 Å². The summed E-state index contributed by atoms with van der Waals surface area (Å²) in [4.78, 5) is 14.1. The highest BCUT2D eigenvalue weighted by Gasteiger charge is 2.22. The number of benzene rings is 1. The van der Waals surface area contributed by atoms with E-state index in [1.54, 1.807) is 0 Å². The van der Waals surface area contributed by atoms with E-state index >= 15 is 0 Å². The molecule has 1 atom stereocenters. The van der Waals surface area contributed by atoms with Crippen molar-refractivity contribution < 1.29 is 4.79 Å². The molecule has 0 amide bonds. The van der Waals surface area contributed by atoms with Gasteiger partial charge in [0, 0.05) is 19.0 Å². The van der Waals surface area contributed by atoms with Crippen LogP contribution in [0.25, 0.3) is 0 Å². The summed E-state index contributed by atoms with van der Waals surface area (Å²) in [5, 5.41) is 0. The highest BCUT2D eigenvalue weighted by molar-refractivity contribution is 5.83. The average Bonchev–Trinajstić information content (AvgIpc) is 2.35. The van der Waals surface area contributed by atoms with E-state index in [1.165, 1.54) is 5.56 Å². The van der Waals surface area contributed by atoms with E-state index in [-0.39, 0.29) is 6.04 Å². The van der Waals surface area contributed by atoms with Crippen molar-refractivity contribution in [3.05, 3.63) is 35.9 Å². The Morgan fingerprint density at radius 1 is 1.18 bits per heavy atom. The van der Waals surface area contributed by atoms with Crippen LogP contribution in [0.1, 0.15) is 39.7 Å². The van der Waals surface area contributed by atoms with E-state index < -0.39 is 0 Å². The monoisotopic (exact) mass is 233 g/mol. The lowest BCUT2D eigenvalue weighted by Gasteiger charge is -2.31. The molecule has 0 spiro atoms. The second kappa shape index (κ2) is 6.55. The zero-order chi connectivity index (χ0) is 12.8. The maximum Gasteiger partial charge on any atom is 0.149 e. The number of hydrogen-bond donors (Lipinski definition) is 0. The predicted molar refractivity (Wildman–Crippen MR) is 71.9 cm³/mol. The Morgan fingerprint density at radius 3 is 2.24 bits per heavy atom. The standard InChI is InChI=1S/C15H23NO/c1-5-15(17)13(4)16(12(2)3)11-14-9-7-6-8-10-14/h6-10,12-13H,5,11H2,1-4H3. The van der Waals surface area contributed by atoms with Gasteiger partial charge in [-0.1, -0.05) is 37.3 Å². The van der Waals surface area contributed by atoms with Gasteiger partial charge in [-0.2, -0.15) is 0 Å². The molecule has 0 aliphatic rings. The molecular formula is C15H23NO.